The van der Waals surface area contributed by atoms with Gasteiger partial charge in [-0.05, 0) is 61.3 Å². The van der Waals surface area contributed by atoms with Crippen molar-refractivity contribution < 1.29 is 14.9 Å². The van der Waals surface area contributed by atoms with Crippen LogP contribution >= 0.6 is 0 Å². The van der Waals surface area contributed by atoms with Gasteiger partial charge in [0, 0.05) is 12.5 Å². The molecule has 2 aromatic rings. The van der Waals surface area contributed by atoms with Crippen LogP contribution in [0, 0.1) is 0 Å². The molecule has 0 aromatic heterocycles. The summed E-state index contributed by atoms with van der Waals surface area (Å²) in [4.78, 5) is 2.36. The van der Waals surface area contributed by atoms with E-state index in [1.165, 1.54) is 0 Å². The Morgan fingerprint density at radius 2 is 1.39 bits per heavy atom. The lowest BCUT2D eigenvalue weighted by Crippen LogP contribution is -2.39. The first-order chi connectivity index (χ1) is 13.5. The standard InChI is InChI=1S/C24H35NO3/c1-5-23(19-9-13-21(26)14-10-19)24(6-2,20-11-15-22(27)16-12-20)28-18-17-25(7-3)8-4/h9-16,23,26-27H,5-8,17-18H2,1-4H3/t23-,24+/m1/s1. The highest BCUT2D eigenvalue weighted by atomic mass is 16.5. The molecular formula is C24H35NO3. The van der Waals surface area contributed by atoms with Crippen molar-refractivity contribution in [3.8, 4) is 11.5 Å². The summed E-state index contributed by atoms with van der Waals surface area (Å²) >= 11 is 0. The van der Waals surface area contributed by atoms with E-state index in [0.29, 0.717) is 6.61 Å². The second kappa shape index (κ2) is 10.5. The van der Waals surface area contributed by atoms with Gasteiger partial charge in [0.15, 0.2) is 0 Å². The van der Waals surface area contributed by atoms with E-state index in [4.69, 9.17) is 4.74 Å². The lowest BCUT2D eigenvalue weighted by atomic mass is 9.74. The predicted molar refractivity (Wildman–Crippen MR) is 115 cm³/mol. The average molecular weight is 386 g/mol. The fourth-order valence-electron chi connectivity index (χ4n) is 4.12. The molecule has 28 heavy (non-hydrogen) atoms. The highest BCUT2D eigenvalue weighted by Crippen LogP contribution is 2.45. The molecule has 154 valence electrons. The maximum Gasteiger partial charge on any atom is 0.115 e. The van der Waals surface area contributed by atoms with Crippen molar-refractivity contribution in [2.24, 2.45) is 0 Å². The second-order valence-electron chi connectivity index (χ2n) is 7.22. The molecule has 0 heterocycles. The number of hydrogen-bond acceptors (Lipinski definition) is 4. The highest BCUT2D eigenvalue weighted by Gasteiger charge is 2.40. The summed E-state index contributed by atoms with van der Waals surface area (Å²) in [5.74, 6) is 0.668. The fourth-order valence-corrected chi connectivity index (χ4v) is 4.12. The minimum absolute atomic E-state index is 0.138. The van der Waals surface area contributed by atoms with E-state index in [1.807, 2.05) is 24.3 Å². The van der Waals surface area contributed by atoms with Crippen molar-refractivity contribution in [1.82, 2.24) is 4.90 Å². The first-order valence-corrected chi connectivity index (χ1v) is 10.4. The zero-order chi connectivity index (χ0) is 20.6. The zero-order valence-electron chi connectivity index (χ0n) is 17.7. The Morgan fingerprint density at radius 1 is 0.857 bits per heavy atom. The van der Waals surface area contributed by atoms with E-state index >= 15 is 0 Å². The molecule has 0 aliphatic carbocycles. The van der Waals surface area contributed by atoms with Crippen molar-refractivity contribution in [2.45, 2.75) is 52.1 Å². The van der Waals surface area contributed by atoms with Gasteiger partial charge in [-0.15, -0.1) is 0 Å². The highest BCUT2D eigenvalue weighted by molar-refractivity contribution is 5.36. The first kappa shape index (κ1) is 22.3. The molecule has 0 saturated heterocycles. The molecule has 2 aromatic carbocycles. The quantitative estimate of drug-likeness (QED) is 0.554. The molecule has 2 N–H and O–H groups in total. The van der Waals surface area contributed by atoms with Crippen molar-refractivity contribution in [3.63, 3.8) is 0 Å². The molecule has 4 heteroatoms. The van der Waals surface area contributed by atoms with E-state index in [9.17, 15) is 10.2 Å². The number of benzene rings is 2. The maximum atomic E-state index is 9.78. The monoisotopic (exact) mass is 385 g/mol. The van der Waals surface area contributed by atoms with E-state index < -0.39 is 5.60 Å². The van der Waals surface area contributed by atoms with Gasteiger partial charge in [-0.3, -0.25) is 0 Å². The number of rotatable bonds is 11. The van der Waals surface area contributed by atoms with Gasteiger partial charge in [-0.2, -0.15) is 0 Å². The Kier molecular flexibility index (Phi) is 8.34. The summed E-state index contributed by atoms with van der Waals surface area (Å²) < 4.78 is 6.69. The molecule has 0 saturated carbocycles. The molecule has 0 amide bonds. The van der Waals surface area contributed by atoms with Crippen molar-refractivity contribution >= 4 is 0 Å². The molecule has 2 rings (SSSR count). The molecule has 0 aliphatic heterocycles. The van der Waals surface area contributed by atoms with E-state index in [2.05, 4.69) is 32.6 Å². The first-order valence-electron chi connectivity index (χ1n) is 10.4. The molecule has 0 spiro atoms. The minimum atomic E-state index is -0.493. The summed E-state index contributed by atoms with van der Waals surface area (Å²) in [5, 5.41) is 19.5. The zero-order valence-corrected chi connectivity index (χ0v) is 17.7. The SMILES string of the molecule is CC[C@H](c1ccc(O)cc1)[C@@](CC)(OCCN(CC)CC)c1ccc(O)cc1. The third-order valence-electron chi connectivity index (χ3n) is 5.81. The van der Waals surface area contributed by atoms with Gasteiger partial charge >= 0.3 is 0 Å². The van der Waals surface area contributed by atoms with Crippen molar-refractivity contribution in [2.75, 3.05) is 26.2 Å². The van der Waals surface area contributed by atoms with Gasteiger partial charge in [0.05, 0.1) is 12.2 Å². The molecular weight excluding hydrogens is 350 g/mol. The predicted octanol–water partition coefficient (Wildman–Crippen LogP) is 5.26. The molecule has 0 unspecified atom stereocenters. The number of aromatic hydroxyl groups is 2. The van der Waals surface area contributed by atoms with Gasteiger partial charge in [0.25, 0.3) is 0 Å². The van der Waals surface area contributed by atoms with Crippen LogP contribution in [0.15, 0.2) is 48.5 Å². The lowest BCUT2D eigenvalue weighted by molar-refractivity contribution is -0.0808. The van der Waals surface area contributed by atoms with Crippen LogP contribution in [0.4, 0.5) is 0 Å². The summed E-state index contributed by atoms with van der Waals surface area (Å²) in [6, 6.07) is 14.9. The molecule has 0 aliphatic rings. The summed E-state index contributed by atoms with van der Waals surface area (Å²) in [5.41, 5.74) is 1.73. The number of ether oxygens (including phenoxy) is 1. The van der Waals surface area contributed by atoms with Crippen molar-refractivity contribution in [1.29, 1.82) is 0 Å². The Bertz CT molecular complexity index is 695. The third-order valence-corrected chi connectivity index (χ3v) is 5.81. The number of likely N-dealkylation sites (N-methyl/N-ethyl adjacent to an activating group) is 1. The van der Waals surface area contributed by atoms with Gasteiger partial charge in [-0.25, -0.2) is 0 Å². The molecule has 4 nitrogen and oxygen atoms in total. The van der Waals surface area contributed by atoms with Crippen LogP contribution < -0.4 is 0 Å². The molecule has 0 radical (unpaired) electrons. The van der Waals surface area contributed by atoms with E-state index in [0.717, 1.165) is 43.6 Å². The van der Waals surface area contributed by atoms with Crippen LogP contribution in [0.1, 0.15) is 57.6 Å². The van der Waals surface area contributed by atoms with E-state index in [1.54, 1.807) is 24.3 Å². The Morgan fingerprint density at radius 3 is 1.86 bits per heavy atom. The van der Waals surface area contributed by atoms with Crippen LogP contribution in [-0.2, 0) is 10.3 Å². The summed E-state index contributed by atoms with van der Waals surface area (Å²) in [7, 11) is 0. The number of nitrogens with zero attached hydrogens (tertiary/aromatic N) is 1. The third kappa shape index (κ3) is 5.06. The summed E-state index contributed by atoms with van der Waals surface area (Å²) in [6.07, 6.45) is 1.72. The van der Waals surface area contributed by atoms with Crippen molar-refractivity contribution in [3.05, 3.63) is 59.7 Å². The summed E-state index contributed by atoms with van der Waals surface area (Å²) in [6.45, 7) is 12.2. The van der Waals surface area contributed by atoms with Crippen LogP contribution in [-0.4, -0.2) is 41.4 Å². The molecule has 0 bridgehead atoms. The molecule has 0 fully saturated rings. The topological polar surface area (TPSA) is 52.9 Å². The van der Waals surface area contributed by atoms with Crippen LogP contribution in [0.2, 0.25) is 0 Å². The van der Waals surface area contributed by atoms with Crippen LogP contribution in [0.5, 0.6) is 11.5 Å². The fraction of sp³-hybridized carbons (Fsp3) is 0.500. The second-order valence-corrected chi connectivity index (χ2v) is 7.22. The van der Waals surface area contributed by atoms with Gasteiger partial charge in [-0.1, -0.05) is 52.0 Å². The Balaban J connectivity index is 2.42. The van der Waals surface area contributed by atoms with E-state index in [-0.39, 0.29) is 17.4 Å². The number of phenolic OH excluding ortho intramolecular Hbond substituents is 2. The van der Waals surface area contributed by atoms with Gasteiger partial charge in [0.2, 0.25) is 0 Å². The van der Waals surface area contributed by atoms with Gasteiger partial charge in [0.1, 0.15) is 11.5 Å². The largest absolute Gasteiger partial charge is 0.508 e. The average Bonchev–Trinajstić information content (AvgIpc) is 2.72. The minimum Gasteiger partial charge on any atom is -0.508 e. The maximum absolute atomic E-state index is 9.78. The Labute approximate surface area is 169 Å². The van der Waals surface area contributed by atoms with Gasteiger partial charge < -0.3 is 19.8 Å². The molecule has 2 atom stereocenters. The number of hydrogen-bond donors (Lipinski definition) is 2. The Hall–Kier alpha value is -2.04. The van der Waals surface area contributed by atoms with Crippen LogP contribution in [0.25, 0.3) is 0 Å². The lowest BCUT2D eigenvalue weighted by Gasteiger charge is -2.41. The normalized spacial score (nSPS) is 14.8. The smallest absolute Gasteiger partial charge is 0.115 e. The van der Waals surface area contributed by atoms with Crippen LogP contribution in [0.3, 0.4) is 0 Å². The number of phenols is 2.